The fraction of sp³-hybridized carbons (Fsp3) is 1.00. The van der Waals surface area contributed by atoms with Gasteiger partial charge in [0.15, 0.2) is 9.84 Å². The van der Waals surface area contributed by atoms with Gasteiger partial charge in [-0.2, -0.15) is 0 Å². The van der Waals surface area contributed by atoms with Gasteiger partial charge in [0, 0.05) is 12.1 Å². The van der Waals surface area contributed by atoms with Crippen molar-refractivity contribution in [3.63, 3.8) is 0 Å². The molecular weight excluding hydrogens is 214 g/mol. The van der Waals surface area contributed by atoms with Gasteiger partial charge in [-0.15, -0.1) is 12.4 Å². The number of aliphatic hydroxyl groups is 1. The van der Waals surface area contributed by atoms with Gasteiger partial charge < -0.3 is 10.4 Å². The number of halogens is 1. The summed E-state index contributed by atoms with van der Waals surface area (Å²) >= 11 is 0. The summed E-state index contributed by atoms with van der Waals surface area (Å²) in [6, 6.07) is 0.237. The first-order valence-corrected chi connectivity index (χ1v) is 6.03. The molecule has 0 aromatic rings. The van der Waals surface area contributed by atoms with Crippen LogP contribution in [0.15, 0.2) is 0 Å². The molecule has 0 aromatic heterocycles. The highest BCUT2D eigenvalue weighted by molar-refractivity contribution is 7.91. The summed E-state index contributed by atoms with van der Waals surface area (Å²) in [6.45, 7) is 0. The quantitative estimate of drug-likeness (QED) is 0.656. The topological polar surface area (TPSA) is 66.4 Å². The van der Waals surface area contributed by atoms with E-state index in [1.807, 2.05) is 0 Å². The number of nitrogens with one attached hydrogen (secondary N) is 1. The largest absolute Gasteiger partial charge is 0.390 e. The monoisotopic (exact) mass is 227 g/mol. The molecule has 2 aliphatic rings. The predicted octanol–water partition coefficient (Wildman–Crippen LogP) is -0.682. The first kappa shape index (κ1) is 11.2. The van der Waals surface area contributed by atoms with Gasteiger partial charge >= 0.3 is 0 Å². The van der Waals surface area contributed by atoms with Crippen LogP contribution in [-0.2, 0) is 9.84 Å². The van der Waals surface area contributed by atoms with Gasteiger partial charge in [0.2, 0.25) is 0 Å². The molecule has 2 rings (SSSR count). The van der Waals surface area contributed by atoms with Crippen molar-refractivity contribution in [3.8, 4) is 0 Å². The second kappa shape index (κ2) is 3.73. The number of rotatable bonds is 2. The molecule has 1 saturated carbocycles. The van der Waals surface area contributed by atoms with Crippen molar-refractivity contribution in [3.05, 3.63) is 0 Å². The van der Waals surface area contributed by atoms with Gasteiger partial charge in [-0.05, 0) is 12.8 Å². The summed E-state index contributed by atoms with van der Waals surface area (Å²) in [5.74, 6) is 0.0298. The van der Waals surface area contributed by atoms with Crippen LogP contribution in [0.5, 0.6) is 0 Å². The van der Waals surface area contributed by atoms with Crippen LogP contribution in [0.3, 0.4) is 0 Å². The molecule has 4 nitrogen and oxygen atoms in total. The zero-order valence-electron chi connectivity index (χ0n) is 7.14. The molecule has 0 radical (unpaired) electrons. The minimum atomic E-state index is -2.98. The van der Waals surface area contributed by atoms with Crippen molar-refractivity contribution in [1.29, 1.82) is 0 Å². The molecular formula is C7H14ClNO3S. The molecule has 0 amide bonds. The van der Waals surface area contributed by atoms with Gasteiger partial charge in [0.1, 0.15) is 0 Å². The molecule has 2 N–H and O–H groups in total. The lowest BCUT2D eigenvalue weighted by molar-refractivity contribution is 0.165. The molecule has 13 heavy (non-hydrogen) atoms. The Balaban J connectivity index is 0.000000845. The number of aliphatic hydroxyl groups excluding tert-OH is 1. The highest BCUT2D eigenvalue weighted by Gasteiger charge is 2.38. The fourth-order valence-electron chi connectivity index (χ4n) is 1.54. The Morgan fingerprint density at radius 2 is 1.85 bits per heavy atom. The average Bonchev–Trinajstić information content (AvgIpc) is 2.63. The normalized spacial score (nSPS) is 37.0. The average molecular weight is 228 g/mol. The highest BCUT2D eigenvalue weighted by Crippen LogP contribution is 2.22. The van der Waals surface area contributed by atoms with Crippen LogP contribution in [0, 0.1) is 0 Å². The molecule has 78 valence electrons. The van der Waals surface area contributed by atoms with Crippen molar-refractivity contribution >= 4 is 22.2 Å². The first-order valence-electron chi connectivity index (χ1n) is 4.21. The molecule has 1 saturated heterocycles. The summed E-state index contributed by atoms with van der Waals surface area (Å²) < 4.78 is 22.1. The molecule has 1 heterocycles. The first-order chi connectivity index (χ1) is 5.57. The van der Waals surface area contributed by atoms with Crippen LogP contribution < -0.4 is 5.32 Å². The maximum atomic E-state index is 11.1. The summed E-state index contributed by atoms with van der Waals surface area (Å²) in [4.78, 5) is 0. The van der Waals surface area contributed by atoms with E-state index in [0.717, 1.165) is 12.8 Å². The number of hydrogen-bond donors (Lipinski definition) is 2. The van der Waals surface area contributed by atoms with E-state index in [0.29, 0.717) is 6.04 Å². The third-order valence-electron chi connectivity index (χ3n) is 2.35. The van der Waals surface area contributed by atoms with Crippen LogP contribution >= 0.6 is 12.4 Å². The van der Waals surface area contributed by atoms with Crippen LogP contribution in [0.2, 0.25) is 0 Å². The fourth-order valence-corrected chi connectivity index (χ4v) is 3.30. The lowest BCUT2D eigenvalue weighted by Gasteiger charge is -2.13. The van der Waals surface area contributed by atoms with Crippen LogP contribution in [-0.4, -0.2) is 43.2 Å². The van der Waals surface area contributed by atoms with Gasteiger partial charge in [-0.1, -0.05) is 0 Å². The van der Waals surface area contributed by atoms with Gasteiger partial charge in [-0.3, -0.25) is 0 Å². The third-order valence-corrected chi connectivity index (χ3v) is 4.07. The zero-order valence-corrected chi connectivity index (χ0v) is 8.77. The Bertz CT molecular complexity index is 275. The predicted molar refractivity (Wildman–Crippen MR) is 51.9 cm³/mol. The second-order valence-electron chi connectivity index (χ2n) is 3.69. The van der Waals surface area contributed by atoms with Crippen LogP contribution in [0.25, 0.3) is 0 Å². The molecule has 0 spiro atoms. The van der Waals surface area contributed by atoms with E-state index in [2.05, 4.69) is 5.32 Å². The van der Waals surface area contributed by atoms with Gasteiger partial charge in [-0.25, -0.2) is 8.42 Å². The third kappa shape index (κ3) is 2.80. The lowest BCUT2D eigenvalue weighted by atomic mass is 10.2. The molecule has 1 aliphatic heterocycles. The van der Waals surface area contributed by atoms with Crippen LogP contribution in [0.1, 0.15) is 12.8 Å². The lowest BCUT2D eigenvalue weighted by Crippen LogP contribution is -2.40. The van der Waals surface area contributed by atoms with E-state index in [-0.39, 0.29) is 30.0 Å². The highest BCUT2D eigenvalue weighted by atomic mass is 35.5. The van der Waals surface area contributed by atoms with Gasteiger partial charge in [0.25, 0.3) is 0 Å². The summed E-state index contributed by atoms with van der Waals surface area (Å²) in [6.07, 6.45) is 1.53. The zero-order chi connectivity index (χ0) is 8.77. The summed E-state index contributed by atoms with van der Waals surface area (Å²) in [5.41, 5.74) is 0. The summed E-state index contributed by atoms with van der Waals surface area (Å²) in [5, 5.41) is 12.5. The second-order valence-corrected chi connectivity index (χ2v) is 5.85. The smallest absolute Gasteiger partial charge is 0.154 e. The standard InChI is InChI=1S/C7H13NO3S.ClH/c9-7-4-12(10,11)3-6(7)8-5-1-2-5;/h5-9H,1-4H2;1H/t6-,7?;/m0./s1. The molecule has 6 heteroatoms. The maximum Gasteiger partial charge on any atom is 0.154 e. The van der Waals surface area contributed by atoms with E-state index in [1.165, 1.54) is 0 Å². The minimum Gasteiger partial charge on any atom is -0.390 e. The molecule has 2 fully saturated rings. The van der Waals surface area contributed by atoms with E-state index >= 15 is 0 Å². The van der Waals surface area contributed by atoms with E-state index in [9.17, 15) is 13.5 Å². The Labute approximate surface area is 84.0 Å². The molecule has 0 bridgehead atoms. The Kier molecular flexibility index (Phi) is 3.22. The molecule has 1 aliphatic carbocycles. The van der Waals surface area contributed by atoms with E-state index in [1.54, 1.807) is 0 Å². The number of hydrogen-bond acceptors (Lipinski definition) is 4. The van der Waals surface area contributed by atoms with E-state index < -0.39 is 15.9 Å². The van der Waals surface area contributed by atoms with Crippen molar-refractivity contribution < 1.29 is 13.5 Å². The minimum absolute atomic E-state index is 0. The maximum absolute atomic E-state index is 11.1. The van der Waals surface area contributed by atoms with Crippen molar-refractivity contribution in [1.82, 2.24) is 5.32 Å². The number of sulfone groups is 1. The molecule has 0 aromatic carbocycles. The van der Waals surface area contributed by atoms with Crippen molar-refractivity contribution in [2.45, 2.75) is 31.0 Å². The molecule has 2 atom stereocenters. The van der Waals surface area contributed by atoms with E-state index in [4.69, 9.17) is 0 Å². The van der Waals surface area contributed by atoms with Gasteiger partial charge in [0.05, 0.1) is 17.6 Å². The van der Waals surface area contributed by atoms with Crippen molar-refractivity contribution in [2.75, 3.05) is 11.5 Å². The summed E-state index contributed by atoms with van der Waals surface area (Å²) in [7, 11) is -2.98. The Hall–Kier alpha value is 0.160. The SMILES string of the molecule is Cl.O=S1(=O)CC(O)[C@@H](NC2CC2)C1. The Morgan fingerprint density at radius 1 is 1.23 bits per heavy atom. The van der Waals surface area contributed by atoms with Crippen LogP contribution in [0.4, 0.5) is 0 Å². The molecule has 1 unspecified atom stereocenters. The Morgan fingerprint density at radius 3 is 2.23 bits per heavy atom. The van der Waals surface area contributed by atoms with Crippen molar-refractivity contribution in [2.24, 2.45) is 0 Å².